The van der Waals surface area contributed by atoms with Gasteiger partial charge in [0.1, 0.15) is 5.69 Å². The minimum Gasteiger partial charge on any atom is -0.377 e. The second-order valence-electron chi connectivity index (χ2n) is 4.46. The van der Waals surface area contributed by atoms with Crippen LogP contribution in [-0.4, -0.2) is 11.0 Å². The number of nitrogens with zero attached hydrogens (tertiary/aromatic N) is 1. The number of unbranched alkanes of at least 4 members (excludes halogenated alkanes) is 2. The Morgan fingerprint density at radius 2 is 2.17 bits per heavy atom. The van der Waals surface area contributed by atoms with Crippen molar-refractivity contribution in [1.82, 2.24) is 0 Å². The standard InChI is InChI=1S/C13H19ClN2O2/c1-3-4-5-6-10(2)15-12-9-11(14)7-8-13(12)16(17)18/h7-10,15H,3-6H2,1-2H3. The molecule has 0 amide bonds. The minimum atomic E-state index is -0.391. The molecule has 0 fully saturated rings. The fourth-order valence-electron chi connectivity index (χ4n) is 1.82. The summed E-state index contributed by atoms with van der Waals surface area (Å²) in [6, 6.07) is 4.78. The predicted octanol–water partition coefficient (Wildman–Crippen LogP) is 4.63. The van der Waals surface area contributed by atoms with Crippen molar-refractivity contribution < 1.29 is 4.92 Å². The lowest BCUT2D eigenvalue weighted by Crippen LogP contribution is -2.15. The van der Waals surface area contributed by atoms with Crippen LogP contribution < -0.4 is 5.32 Å². The van der Waals surface area contributed by atoms with Gasteiger partial charge in [0.25, 0.3) is 5.69 Å². The fourth-order valence-corrected chi connectivity index (χ4v) is 1.99. The number of halogens is 1. The summed E-state index contributed by atoms with van der Waals surface area (Å²) in [7, 11) is 0. The second-order valence-corrected chi connectivity index (χ2v) is 4.90. The van der Waals surface area contributed by atoms with Crippen LogP contribution >= 0.6 is 11.6 Å². The van der Waals surface area contributed by atoms with Crippen molar-refractivity contribution in [3.05, 3.63) is 33.3 Å². The van der Waals surface area contributed by atoms with E-state index in [1.54, 1.807) is 6.07 Å². The quantitative estimate of drug-likeness (QED) is 0.446. The van der Waals surface area contributed by atoms with Crippen molar-refractivity contribution in [2.24, 2.45) is 0 Å². The van der Waals surface area contributed by atoms with E-state index in [2.05, 4.69) is 12.2 Å². The Labute approximate surface area is 112 Å². The number of hydrogen-bond donors (Lipinski definition) is 1. The molecule has 4 nitrogen and oxygen atoms in total. The van der Waals surface area contributed by atoms with Crippen molar-refractivity contribution >= 4 is 23.0 Å². The van der Waals surface area contributed by atoms with Crippen LogP contribution in [0, 0.1) is 10.1 Å². The van der Waals surface area contributed by atoms with E-state index in [0.29, 0.717) is 10.7 Å². The molecule has 1 aromatic rings. The highest BCUT2D eigenvalue weighted by molar-refractivity contribution is 6.31. The maximum atomic E-state index is 10.9. The van der Waals surface area contributed by atoms with Crippen molar-refractivity contribution in [2.45, 2.75) is 45.6 Å². The summed E-state index contributed by atoms with van der Waals surface area (Å²) >= 11 is 5.87. The third kappa shape index (κ3) is 4.53. The SMILES string of the molecule is CCCCCC(C)Nc1cc(Cl)ccc1[N+](=O)[O-]. The molecule has 1 unspecified atom stereocenters. The largest absolute Gasteiger partial charge is 0.377 e. The lowest BCUT2D eigenvalue weighted by Gasteiger charge is -2.15. The molecule has 0 spiro atoms. The molecule has 0 bridgehead atoms. The first-order valence-corrected chi connectivity index (χ1v) is 6.63. The van der Waals surface area contributed by atoms with Gasteiger partial charge in [-0.2, -0.15) is 0 Å². The van der Waals surface area contributed by atoms with Gasteiger partial charge in [-0.05, 0) is 25.5 Å². The summed E-state index contributed by atoms with van der Waals surface area (Å²) in [5, 5.41) is 14.6. The van der Waals surface area contributed by atoms with E-state index in [9.17, 15) is 10.1 Å². The smallest absolute Gasteiger partial charge is 0.292 e. The maximum absolute atomic E-state index is 10.9. The Bertz CT molecular complexity index is 410. The van der Waals surface area contributed by atoms with E-state index < -0.39 is 4.92 Å². The predicted molar refractivity (Wildman–Crippen MR) is 75.3 cm³/mol. The number of hydrogen-bond acceptors (Lipinski definition) is 3. The topological polar surface area (TPSA) is 55.2 Å². The first kappa shape index (κ1) is 14.8. The fraction of sp³-hybridized carbons (Fsp3) is 0.538. The lowest BCUT2D eigenvalue weighted by atomic mass is 10.1. The van der Waals surface area contributed by atoms with Gasteiger partial charge < -0.3 is 5.32 Å². The van der Waals surface area contributed by atoms with Crippen LogP contribution in [0.5, 0.6) is 0 Å². The normalized spacial score (nSPS) is 12.2. The Hall–Kier alpha value is -1.29. The zero-order valence-corrected chi connectivity index (χ0v) is 11.5. The van der Waals surface area contributed by atoms with Gasteiger partial charge in [0.05, 0.1) is 4.92 Å². The Balaban J connectivity index is 2.70. The minimum absolute atomic E-state index is 0.0711. The van der Waals surface area contributed by atoms with Crippen molar-refractivity contribution in [1.29, 1.82) is 0 Å². The number of rotatable bonds is 7. The van der Waals surface area contributed by atoms with Gasteiger partial charge in [-0.15, -0.1) is 0 Å². The molecular weight excluding hydrogens is 252 g/mol. The monoisotopic (exact) mass is 270 g/mol. The van der Waals surface area contributed by atoms with Crippen molar-refractivity contribution in [3.63, 3.8) is 0 Å². The van der Waals surface area contributed by atoms with Crippen molar-refractivity contribution in [3.8, 4) is 0 Å². The average Bonchev–Trinajstić information content (AvgIpc) is 2.29. The zero-order chi connectivity index (χ0) is 13.5. The molecule has 18 heavy (non-hydrogen) atoms. The third-order valence-electron chi connectivity index (χ3n) is 2.80. The molecule has 0 saturated carbocycles. The molecule has 0 heterocycles. The highest BCUT2D eigenvalue weighted by atomic mass is 35.5. The summed E-state index contributed by atoms with van der Waals surface area (Å²) in [4.78, 5) is 10.5. The summed E-state index contributed by atoms with van der Waals surface area (Å²) in [6.45, 7) is 4.18. The van der Waals surface area contributed by atoms with Crippen LogP contribution in [0.4, 0.5) is 11.4 Å². The molecule has 1 N–H and O–H groups in total. The highest BCUT2D eigenvalue weighted by Crippen LogP contribution is 2.28. The van der Waals surface area contributed by atoms with Crippen LogP contribution in [0.15, 0.2) is 18.2 Å². The van der Waals surface area contributed by atoms with E-state index in [0.717, 1.165) is 12.8 Å². The van der Waals surface area contributed by atoms with Crippen LogP contribution in [0.1, 0.15) is 39.5 Å². The first-order valence-electron chi connectivity index (χ1n) is 6.25. The summed E-state index contributed by atoms with van der Waals surface area (Å²) in [5.41, 5.74) is 0.568. The van der Waals surface area contributed by atoms with Gasteiger partial charge in [-0.25, -0.2) is 0 Å². The van der Waals surface area contributed by atoms with Gasteiger partial charge in [0.15, 0.2) is 0 Å². The first-order chi connectivity index (χ1) is 8.54. The Morgan fingerprint density at radius 3 is 2.78 bits per heavy atom. The van der Waals surface area contributed by atoms with E-state index >= 15 is 0 Å². The number of benzene rings is 1. The molecule has 1 rings (SSSR count). The maximum Gasteiger partial charge on any atom is 0.292 e. The second kappa shape index (κ2) is 7.21. The van der Waals surface area contributed by atoms with E-state index in [4.69, 9.17) is 11.6 Å². The molecule has 5 heteroatoms. The molecule has 1 aromatic carbocycles. The van der Waals surface area contributed by atoms with Gasteiger partial charge in [-0.1, -0.05) is 37.8 Å². The molecule has 100 valence electrons. The number of nitro groups is 1. The summed E-state index contributed by atoms with van der Waals surface area (Å²) < 4.78 is 0. The Morgan fingerprint density at radius 1 is 1.44 bits per heavy atom. The van der Waals surface area contributed by atoms with Crippen LogP contribution in [0.2, 0.25) is 5.02 Å². The molecule has 0 saturated heterocycles. The molecule has 0 radical (unpaired) electrons. The van der Waals surface area contributed by atoms with Gasteiger partial charge in [0, 0.05) is 17.1 Å². The Kier molecular flexibility index (Phi) is 5.92. The lowest BCUT2D eigenvalue weighted by molar-refractivity contribution is -0.384. The van der Waals surface area contributed by atoms with Gasteiger partial charge >= 0.3 is 0 Å². The average molecular weight is 271 g/mol. The summed E-state index contributed by atoms with van der Waals surface area (Å²) in [5.74, 6) is 0. The number of nitrogens with one attached hydrogen (secondary N) is 1. The molecule has 0 aromatic heterocycles. The molecule has 0 aliphatic heterocycles. The molecule has 1 atom stereocenters. The third-order valence-corrected chi connectivity index (χ3v) is 3.03. The van der Waals surface area contributed by atoms with Gasteiger partial charge in [-0.3, -0.25) is 10.1 Å². The van der Waals surface area contributed by atoms with Crippen LogP contribution in [0.25, 0.3) is 0 Å². The summed E-state index contributed by atoms with van der Waals surface area (Å²) in [6.07, 6.45) is 4.48. The van der Waals surface area contributed by atoms with E-state index in [1.807, 2.05) is 6.92 Å². The zero-order valence-electron chi connectivity index (χ0n) is 10.8. The highest BCUT2D eigenvalue weighted by Gasteiger charge is 2.15. The van der Waals surface area contributed by atoms with E-state index in [1.165, 1.54) is 25.0 Å². The molecule has 0 aliphatic rings. The molecule has 0 aliphatic carbocycles. The van der Waals surface area contributed by atoms with Crippen LogP contribution in [-0.2, 0) is 0 Å². The van der Waals surface area contributed by atoms with E-state index in [-0.39, 0.29) is 11.7 Å². The number of anilines is 1. The van der Waals surface area contributed by atoms with Gasteiger partial charge in [0.2, 0.25) is 0 Å². The number of nitro benzene ring substituents is 1. The van der Waals surface area contributed by atoms with Crippen LogP contribution in [0.3, 0.4) is 0 Å². The van der Waals surface area contributed by atoms with Crippen molar-refractivity contribution in [2.75, 3.05) is 5.32 Å². The molecular formula is C13H19ClN2O2.